The van der Waals surface area contributed by atoms with Gasteiger partial charge in [0, 0.05) is 11.3 Å². The van der Waals surface area contributed by atoms with Crippen LogP contribution in [-0.2, 0) is 0 Å². The summed E-state index contributed by atoms with van der Waals surface area (Å²) in [6.45, 7) is 5.70. The first kappa shape index (κ1) is 14.5. The lowest BCUT2D eigenvalue weighted by molar-refractivity contribution is 0.0817. The van der Waals surface area contributed by atoms with Gasteiger partial charge in [-0.05, 0) is 43.5 Å². The lowest BCUT2D eigenvalue weighted by Gasteiger charge is -2.31. The maximum absolute atomic E-state index is 12.2. The topological polar surface area (TPSA) is 75.3 Å². The van der Waals surface area contributed by atoms with E-state index in [1.54, 1.807) is 18.2 Å². The highest BCUT2D eigenvalue weighted by molar-refractivity contribution is 5.96. The molecule has 1 aromatic rings. The molecule has 0 saturated heterocycles. The van der Waals surface area contributed by atoms with Gasteiger partial charge in [-0.2, -0.15) is 0 Å². The Balaban J connectivity index is 2.94. The number of nitrogens with two attached hydrogens (primary N) is 1. The Kier molecular flexibility index (Phi) is 4.73. The molecular formula is C14H22N2O2. The molecule has 1 aromatic carbocycles. The zero-order valence-electron chi connectivity index (χ0n) is 11.3. The van der Waals surface area contributed by atoms with Gasteiger partial charge in [0.2, 0.25) is 0 Å². The van der Waals surface area contributed by atoms with Gasteiger partial charge in [0.1, 0.15) is 0 Å². The van der Waals surface area contributed by atoms with Crippen LogP contribution in [0.4, 0.5) is 5.69 Å². The van der Waals surface area contributed by atoms with Crippen molar-refractivity contribution < 1.29 is 9.90 Å². The Bertz CT molecular complexity index is 418. The molecule has 18 heavy (non-hydrogen) atoms. The summed E-state index contributed by atoms with van der Waals surface area (Å²) >= 11 is 0. The van der Waals surface area contributed by atoms with Gasteiger partial charge >= 0.3 is 0 Å². The SMILES string of the molecule is CCC(CC)(CO)NC(=O)c1ccc(N)cc1C. The Morgan fingerprint density at radius 3 is 2.44 bits per heavy atom. The van der Waals surface area contributed by atoms with Crippen molar-refractivity contribution in [3.63, 3.8) is 0 Å². The molecule has 1 amide bonds. The van der Waals surface area contributed by atoms with Crippen LogP contribution in [0.2, 0.25) is 0 Å². The van der Waals surface area contributed by atoms with E-state index in [-0.39, 0.29) is 12.5 Å². The standard InChI is InChI=1S/C14H22N2O2/c1-4-14(5-2,9-17)16-13(18)12-7-6-11(15)8-10(12)3/h6-8,17H,4-5,9,15H2,1-3H3,(H,16,18). The molecule has 4 nitrogen and oxygen atoms in total. The summed E-state index contributed by atoms with van der Waals surface area (Å²) in [5.74, 6) is -0.162. The third kappa shape index (κ3) is 3.01. The average molecular weight is 250 g/mol. The van der Waals surface area contributed by atoms with Gasteiger partial charge in [0.05, 0.1) is 12.1 Å². The number of hydrogen-bond acceptors (Lipinski definition) is 3. The molecule has 0 unspecified atom stereocenters. The normalized spacial score (nSPS) is 11.3. The highest BCUT2D eigenvalue weighted by Gasteiger charge is 2.27. The van der Waals surface area contributed by atoms with Crippen molar-refractivity contribution in [2.75, 3.05) is 12.3 Å². The van der Waals surface area contributed by atoms with Crippen molar-refractivity contribution in [2.45, 2.75) is 39.2 Å². The number of aryl methyl sites for hydroxylation is 1. The molecule has 0 spiro atoms. The molecule has 0 saturated carbocycles. The van der Waals surface area contributed by atoms with E-state index in [4.69, 9.17) is 5.73 Å². The fraction of sp³-hybridized carbons (Fsp3) is 0.500. The van der Waals surface area contributed by atoms with Gasteiger partial charge < -0.3 is 16.2 Å². The van der Waals surface area contributed by atoms with Gasteiger partial charge in [-0.25, -0.2) is 0 Å². The number of carbonyl (C=O) groups excluding carboxylic acids is 1. The smallest absolute Gasteiger partial charge is 0.252 e. The van der Waals surface area contributed by atoms with Crippen molar-refractivity contribution in [1.29, 1.82) is 0 Å². The second kappa shape index (κ2) is 5.87. The van der Waals surface area contributed by atoms with Crippen LogP contribution in [0.1, 0.15) is 42.6 Å². The first-order chi connectivity index (χ1) is 8.48. The first-order valence-corrected chi connectivity index (χ1v) is 6.27. The van der Waals surface area contributed by atoms with Crippen LogP contribution in [0.25, 0.3) is 0 Å². The van der Waals surface area contributed by atoms with Crippen LogP contribution in [-0.4, -0.2) is 23.2 Å². The zero-order valence-corrected chi connectivity index (χ0v) is 11.3. The molecule has 0 aromatic heterocycles. The van der Waals surface area contributed by atoms with Gasteiger partial charge in [0.15, 0.2) is 0 Å². The number of aliphatic hydroxyl groups excluding tert-OH is 1. The predicted molar refractivity (Wildman–Crippen MR) is 73.5 cm³/mol. The number of rotatable bonds is 5. The van der Waals surface area contributed by atoms with Crippen LogP contribution in [0, 0.1) is 6.92 Å². The van der Waals surface area contributed by atoms with E-state index in [1.807, 2.05) is 20.8 Å². The Morgan fingerprint density at radius 2 is 2.00 bits per heavy atom. The fourth-order valence-corrected chi connectivity index (χ4v) is 1.94. The number of aliphatic hydroxyl groups is 1. The van der Waals surface area contributed by atoms with E-state index in [0.717, 1.165) is 5.56 Å². The van der Waals surface area contributed by atoms with Crippen molar-refractivity contribution in [3.05, 3.63) is 29.3 Å². The monoisotopic (exact) mass is 250 g/mol. The Hall–Kier alpha value is -1.55. The minimum absolute atomic E-state index is 0.0558. The number of nitrogens with one attached hydrogen (secondary N) is 1. The quantitative estimate of drug-likeness (QED) is 0.698. The highest BCUT2D eigenvalue weighted by Crippen LogP contribution is 2.17. The van der Waals surface area contributed by atoms with Crippen molar-refractivity contribution in [3.8, 4) is 0 Å². The van der Waals surface area contributed by atoms with Gasteiger partial charge in [-0.3, -0.25) is 4.79 Å². The van der Waals surface area contributed by atoms with Crippen molar-refractivity contribution >= 4 is 11.6 Å². The van der Waals surface area contributed by atoms with Crippen LogP contribution in [0.3, 0.4) is 0 Å². The summed E-state index contributed by atoms with van der Waals surface area (Å²) in [7, 11) is 0. The van der Waals surface area contributed by atoms with E-state index in [9.17, 15) is 9.90 Å². The third-order valence-electron chi connectivity index (χ3n) is 3.53. The van der Waals surface area contributed by atoms with Crippen LogP contribution in [0.15, 0.2) is 18.2 Å². The van der Waals surface area contributed by atoms with Crippen LogP contribution >= 0.6 is 0 Å². The lowest BCUT2D eigenvalue weighted by Crippen LogP contribution is -2.50. The second-order valence-corrected chi connectivity index (χ2v) is 4.67. The van der Waals surface area contributed by atoms with Crippen LogP contribution < -0.4 is 11.1 Å². The highest BCUT2D eigenvalue weighted by atomic mass is 16.3. The molecule has 0 bridgehead atoms. The molecule has 1 rings (SSSR count). The Labute approximate surface area is 108 Å². The van der Waals surface area contributed by atoms with E-state index in [1.165, 1.54) is 0 Å². The number of hydrogen-bond donors (Lipinski definition) is 3. The third-order valence-corrected chi connectivity index (χ3v) is 3.53. The molecule has 0 aliphatic heterocycles. The number of nitrogen functional groups attached to an aromatic ring is 1. The van der Waals surface area contributed by atoms with E-state index in [2.05, 4.69) is 5.32 Å². The average Bonchev–Trinajstić information content (AvgIpc) is 2.36. The number of amides is 1. The zero-order chi connectivity index (χ0) is 13.8. The maximum atomic E-state index is 12.2. The molecule has 4 heteroatoms. The molecule has 0 heterocycles. The molecule has 0 atom stereocenters. The Morgan fingerprint density at radius 1 is 1.39 bits per heavy atom. The van der Waals surface area contributed by atoms with Crippen LogP contribution in [0.5, 0.6) is 0 Å². The molecule has 100 valence electrons. The summed E-state index contributed by atoms with van der Waals surface area (Å²) in [6.07, 6.45) is 1.39. The summed E-state index contributed by atoms with van der Waals surface area (Å²) in [5, 5.41) is 12.4. The molecule has 0 radical (unpaired) electrons. The number of carbonyl (C=O) groups is 1. The van der Waals surface area contributed by atoms with Gasteiger partial charge in [0.25, 0.3) is 5.91 Å². The predicted octanol–water partition coefficient (Wildman–Crippen LogP) is 1.86. The second-order valence-electron chi connectivity index (χ2n) is 4.67. The fourth-order valence-electron chi connectivity index (χ4n) is 1.94. The molecule has 0 fully saturated rings. The summed E-state index contributed by atoms with van der Waals surface area (Å²) in [4.78, 5) is 12.2. The summed E-state index contributed by atoms with van der Waals surface area (Å²) in [5.41, 5.74) is 7.21. The molecule has 0 aliphatic carbocycles. The maximum Gasteiger partial charge on any atom is 0.252 e. The van der Waals surface area contributed by atoms with Gasteiger partial charge in [-0.1, -0.05) is 13.8 Å². The van der Waals surface area contributed by atoms with Crippen molar-refractivity contribution in [1.82, 2.24) is 5.32 Å². The first-order valence-electron chi connectivity index (χ1n) is 6.27. The van der Waals surface area contributed by atoms with E-state index < -0.39 is 5.54 Å². The van der Waals surface area contributed by atoms with Gasteiger partial charge in [-0.15, -0.1) is 0 Å². The largest absolute Gasteiger partial charge is 0.399 e. The lowest BCUT2D eigenvalue weighted by atomic mass is 9.93. The number of anilines is 1. The van der Waals surface area contributed by atoms with E-state index >= 15 is 0 Å². The minimum Gasteiger partial charge on any atom is -0.399 e. The summed E-state index contributed by atoms with van der Waals surface area (Å²) in [6, 6.07) is 5.20. The molecule has 4 N–H and O–H groups in total. The van der Waals surface area contributed by atoms with E-state index in [0.29, 0.717) is 24.1 Å². The summed E-state index contributed by atoms with van der Waals surface area (Å²) < 4.78 is 0. The molecular weight excluding hydrogens is 228 g/mol. The number of benzene rings is 1. The molecule has 0 aliphatic rings. The van der Waals surface area contributed by atoms with Crippen molar-refractivity contribution in [2.24, 2.45) is 0 Å². The minimum atomic E-state index is -0.537.